The highest BCUT2D eigenvalue weighted by Crippen LogP contribution is 2.31. The number of hydrogen-bond acceptors (Lipinski definition) is 2. The molecule has 2 rings (SSSR count). The summed E-state index contributed by atoms with van der Waals surface area (Å²) in [4.78, 5) is 0. The van der Waals surface area contributed by atoms with Gasteiger partial charge in [0.2, 0.25) is 0 Å². The van der Waals surface area contributed by atoms with Crippen molar-refractivity contribution in [2.45, 2.75) is 19.3 Å². The van der Waals surface area contributed by atoms with Crippen molar-refractivity contribution < 1.29 is 9.47 Å². The van der Waals surface area contributed by atoms with E-state index in [-0.39, 0.29) is 0 Å². The van der Waals surface area contributed by atoms with Gasteiger partial charge in [-0.25, -0.2) is 0 Å². The van der Waals surface area contributed by atoms with Crippen LogP contribution in [0.1, 0.15) is 24.0 Å². The molecule has 0 spiro atoms. The van der Waals surface area contributed by atoms with Crippen LogP contribution in [0.3, 0.4) is 0 Å². The summed E-state index contributed by atoms with van der Waals surface area (Å²) < 4.78 is 10.8. The molecule has 0 saturated heterocycles. The summed E-state index contributed by atoms with van der Waals surface area (Å²) in [5.74, 6) is 2.28. The third-order valence-electron chi connectivity index (χ3n) is 3.39. The molecule has 0 amide bonds. The molecular formula is C17H20O2. The van der Waals surface area contributed by atoms with Crippen molar-refractivity contribution in [1.29, 1.82) is 0 Å². The summed E-state index contributed by atoms with van der Waals surface area (Å²) in [6.45, 7) is 2.21. The van der Waals surface area contributed by atoms with E-state index in [0.29, 0.717) is 5.92 Å². The Morgan fingerprint density at radius 3 is 2.11 bits per heavy atom. The number of methoxy groups -OCH3 is 2. The maximum Gasteiger partial charge on any atom is 0.122 e. The van der Waals surface area contributed by atoms with Gasteiger partial charge in [0, 0.05) is 0 Å². The second-order valence-corrected chi connectivity index (χ2v) is 4.66. The van der Waals surface area contributed by atoms with Gasteiger partial charge in [0.1, 0.15) is 11.5 Å². The molecule has 0 N–H and O–H groups in total. The zero-order valence-electron chi connectivity index (χ0n) is 11.7. The van der Waals surface area contributed by atoms with Crippen LogP contribution in [-0.2, 0) is 6.42 Å². The zero-order chi connectivity index (χ0) is 13.7. The van der Waals surface area contributed by atoms with Gasteiger partial charge in [0.25, 0.3) is 0 Å². The maximum absolute atomic E-state index is 5.43. The molecule has 2 aromatic rings. The van der Waals surface area contributed by atoms with Gasteiger partial charge in [-0.15, -0.1) is 0 Å². The molecule has 0 aromatic heterocycles. The Kier molecular flexibility index (Phi) is 4.45. The summed E-state index contributed by atoms with van der Waals surface area (Å²) in [5.41, 5.74) is 2.46. The summed E-state index contributed by atoms with van der Waals surface area (Å²) in [7, 11) is 3.43. The predicted molar refractivity (Wildman–Crippen MR) is 78.1 cm³/mol. The maximum atomic E-state index is 5.43. The van der Waals surface area contributed by atoms with Gasteiger partial charge < -0.3 is 9.47 Å². The van der Waals surface area contributed by atoms with E-state index in [9.17, 15) is 0 Å². The standard InChI is InChI=1S/C17H20O2/c1-13(15-9-5-7-11-17(15)19-3)12-14-8-4-6-10-16(14)18-2/h4-11,13H,12H2,1-3H3. The minimum absolute atomic E-state index is 0.382. The van der Waals surface area contributed by atoms with Crippen LogP contribution in [0.25, 0.3) is 0 Å². The quantitative estimate of drug-likeness (QED) is 0.803. The predicted octanol–water partition coefficient (Wildman–Crippen LogP) is 4.05. The lowest BCUT2D eigenvalue weighted by Gasteiger charge is -2.17. The van der Waals surface area contributed by atoms with Gasteiger partial charge in [-0.1, -0.05) is 43.3 Å². The molecule has 100 valence electrons. The number of rotatable bonds is 5. The van der Waals surface area contributed by atoms with Crippen LogP contribution in [0.5, 0.6) is 11.5 Å². The van der Waals surface area contributed by atoms with Crippen LogP contribution in [0.4, 0.5) is 0 Å². The minimum Gasteiger partial charge on any atom is -0.496 e. The van der Waals surface area contributed by atoms with E-state index in [0.717, 1.165) is 17.9 Å². The summed E-state index contributed by atoms with van der Waals surface area (Å²) in [6, 6.07) is 16.3. The molecule has 1 unspecified atom stereocenters. The van der Waals surface area contributed by atoms with E-state index in [1.165, 1.54) is 11.1 Å². The van der Waals surface area contributed by atoms with Crippen molar-refractivity contribution in [3.05, 3.63) is 59.7 Å². The molecule has 2 nitrogen and oxygen atoms in total. The molecule has 1 atom stereocenters. The van der Waals surface area contributed by atoms with E-state index < -0.39 is 0 Å². The first-order valence-electron chi connectivity index (χ1n) is 6.51. The lowest BCUT2D eigenvalue weighted by atomic mass is 9.92. The Morgan fingerprint density at radius 1 is 0.842 bits per heavy atom. The van der Waals surface area contributed by atoms with E-state index in [1.807, 2.05) is 30.3 Å². The lowest BCUT2D eigenvalue weighted by molar-refractivity contribution is 0.402. The highest BCUT2D eigenvalue weighted by Gasteiger charge is 2.13. The number of hydrogen-bond donors (Lipinski definition) is 0. The molecule has 0 bridgehead atoms. The molecule has 2 aromatic carbocycles. The Morgan fingerprint density at radius 2 is 1.42 bits per heavy atom. The van der Waals surface area contributed by atoms with Gasteiger partial charge >= 0.3 is 0 Å². The molecule has 0 saturated carbocycles. The third-order valence-corrected chi connectivity index (χ3v) is 3.39. The molecule has 0 aliphatic rings. The first-order chi connectivity index (χ1) is 9.26. The number of ether oxygens (including phenoxy) is 2. The van der Waals surface area contributed by atoms with E-state index >= 15 is 0 Å². The van der Waals surface area contributed by atoms with Crippen molar-refractivity contribution in [3.63, 3.8) is 0 Å². The topological polar surface area (TPSA) is 18.5 Å². The number of para-hydroxylation sites is 2. The van der Waals surface area contributed by atoms with E-state index in [1.54, 1.807) is 14.2 Å². The van der Waals surface area contributed by atoms with Crippen molar-refractivity contribution in [2.24, 2.45) is 0 Å². The second-order valence-electron chi connectivity index (χ2n) is 4.66. The fourth-order valence-electron chi connectivity index (χ4n) is 2.38. The Labute approximate surface area is 115 Å². The van der Waals surface area contributed by atoms with Crippen molar-refractivity contribution in [1.82, 2.24) is 0 Å². The normalized spacial score (nSPS) is 11.9. The fraction of sp³-hybridized carbons (Fsp3) is 0.294. The smallest absolute Gasteiger partial charge is 0.122 e. The van der Waals surface area contributed by atoms with Crippen molar-refractivity contribution in [3.8, 4) is 11.5 Å². The van der Waals surface area contributed by atoms with Gasteiger partial charge in [0.05, 0.1) is 14.2 Å². The largest absolute Gasteiger partial charge is 0.496 e. The average Bonchev–Trinajstić information content (AvgIpc) is 2.47. The molecule has 0 radical (unpaired) electrons. The van der Waals surface area contributed by atoms with Crippen molar-refractivity contribution >= 4 is 0 Å². The first-order valence-corrected chi connectivity index (χ1v) is 6.51. The minimum atomic E-state index is 0.382. The van der Waals surface area contributed by atoms with Crippen LogP contribution in [0.15, 0.2) is 48.5 Å². The Hall–Kier alpha value is -1.96. The summed E-state index contributed by atoms with van der Waals surface area (Å²) in [6.07, 6.45) is 0.935. The van der Waals surface area contributed by atoms with Gasteiger partial charge in [0.15, 0.2) is 0 Å². The van der Waals surface area contributed by atoms with Crippen LogP contribution in [0.2, 0.25) is 0 Å². The monoisotopic (exact) mass is 256 g/mol. The highest BCUT2D eigenvalue weighted by atomic mass is 16.5. The van der Waals surface area contributed by atoms with Crippen LogP contribution in [-0.4, -0.2) is 14.2 Å². The SMILES string of the molecule is COc1ccccc1CC(C)c1ccccc1OC. The molecule has 2 heteroatoms. The lowest BCUT2D eigenvalue weighted by Crippen LogP contribution is -2.02. The van der Waals surface area contributed by atoms with Crippen LogP contribution < -0.4 is 9.47 Å². The van der Waals surface area contributed by atoms with E-state index in [2.05, 4.69) is 25.1 Å². The zero-order valence-corrected chi connectivity index (χ0v) is 11.7. The number of benzene rings is 2. The van der Waals surface area contributed by atoms with Crippen LogP contribution >= 0.6 is 0 Å². The highest BCUT2D eigenvalue weighted by molar-refractivity contribution is 5.39. The van der Waals surface area contributed by atoms with Gasteiger partial charge in [-0.3, -0.25) is 0 Å². The molecule has 0 aliphatic carbocycles. The molecule has 0 fully saturated rings. The third kappa shape index (κ3) is 3.08. The Bertz CT molecular complexity index is 534. The average molecular weight is 256 g/mol. The molecule has 0 heterocycles. The van der Waals surface area contributed by atoms with Gasteiger partial charge in [-0.05, 0) is 35.6 Å². The van der Waals surface area contributed by atoms with Gasteiger partial charge in [-0.2, -0.15) is 0 Å². The van der Waals surface area contributed by atoms with Crippen molar-refractivity contribution in [2.75, 3.05) is 14.2 Å². The summed E-state index contributed by atoms with van der Waals surface area (Å²) >= 11 is 0. The summed E-state index contributed by atoms with van der Waals surface area (Å²) in [5, 5.41) is 0. The molecule has 19 heavy (non-hydrogen) atoms. The molecular weight excluding hydrogens is 236 g/mol. The second kappa shape index (κ2) is 6.28. The fourth-order valence-corrected chi connectivity index (χ4v) is 2.38. The Balaban J connectivity index is 2.23. The first kappa shape index (κ1) is 13.5. The van der Waals surface area contributed by atoms with Crippen LogP contribution in [0, 0.1) is 0 Å². The van der Waals surface area contributed by atoms with E-state index in [4.69, 9.17) is 9.47 Å². The molecule has 0 aliphatic heterocycles.